The lowest BCUT2D eigenvalue weighted by Gasteiger charge is -2.45. The molecule has 5 rings (SSSR count). The van der Waals surface area contributed by atoms with E-state index in [2.05, 4.69) is 82.7 Å². The van der Waals surface area contributed by atoms with Crippen LogP contribution >= 0.6 is 0 Å². The third-order valence-corrected chi connectivity index (χ3v) is 6.88. The molecule has 3 aromatic carbocycles. The van der Waals surface area contributed by atoms with Gasteiger partial charge in [-0.05, 0) is 42.0 Å². The molecule has 3 aromatic rings. The number of para-hydroxylation sites is 1. The van der Waals surface area contributed by atoms with Crippen molar-refractivity contribution in [2.45, 2.75) is 44.8 Å². The molecular formula is C28H31N3O. The molecule has 0 bridgehead atoms. The van der Waals surface area contributed by atoms with Crippen LogP contribution in [0.5, 0.6) is 0 Å². The normalized spacial score (nSPS) is 19.5. The van der Waals surface area contributed by atoms with Gasteiger partial charge in [0, 0.05) is 36.9 Å². The number of amides is 2. The standard InChI is InChI=1S/C28H31N3O/c1-2-21-9-8-10-22(19-21)20-30-17-15-24(16-18-30)31-27(23-11-4-3-5-12-23)25-13-6-7-14-26(25)29-28(31)32/h3-14,19,24,27H,2,15-18,20H2,1H3,(H,29,32). The summed E-state index contributed by atoms with van der Waals surface area (Å²) in [7, 11) is 0. The molecule has 0 spiro atoms. The number of nitrogens with zero attached hydrogens (tertiary/aromatic N) is 2. The molecule has 164 valence electrons. The number of carbonyl (C=O) groups is 1. The summed E-state index contributed by atoms with van der Waals surface area (Å²) in [5.41, 5.74) is 6.06. The van der Waals surface area contributed by atoms with Crippen molar-refractivity contribution in [1.82, 2.24) is 9.80 Å². The minimum absolute atomic E-state index is 0.0200. The number of piperidine rings is 1. The Balaban J connectivity index is 1.35. The van der Waals surface area contributed by atoms with Crippen molar-refractivity contribution in [2.24, 2.45) is 0 Å². The van der Waals surface area contributed by atoms with E-state index >= 15 is 0 Å². The smallest absolute Gasteiger partial charge is 0.310 e. The van der Waals surface area contributed by atoms with Gasteiger partial charge in [0.2, 0.25) is 0 Å². The highest BCUT2D eigenvalue weighted by Crippen LogP contribution is 2.40. The Morgan fingerprint density at radius 1 is 0.875 bits per heavy atom. The van der Waals surface area contributed by atoms with Crippen LogP contribution in [-0.2, 0) is 13.0 Å². The highest BCUT2D eigenvalue weighted by Gasteiger charge is 2.38. The maximum absolute atomic E-state index is 13.3. The Bertz CT molecular complexity index is 1070. The molecule has 1 saturated heterocycles. The van der Waals surface area contributed by atoms with Crippen molar-refractivity contribution in [3.63, 3.8) is 0 Å². The molecule has 0 aromatic heterocycles. The van der Waals surface area contributed by atoms with Gasteiger partial charge in [-0.25, -0.2) is 4.79 Å². The number of hydrogen-bond donors (Lipinski definition) is 1. The summed E-state index contributed by atoms with van der Waals surface area (Å²) in [6.07, 6.45) is 3.06. The highest BCUT2D eigenvalue weighted by atomic mass is 16.2. The largest absolute Gasteiger partial charge is 0.322 e. The Morgan fingerprint density at radius 3 is 2.38 bits per heavy atom. The molecule has 0 aliphatic carbocycles. The van der Waals surface area contributed by atoms with Crippen LogP contribution in [0.2, 0.25) is 0 Å². The zero-order valence-electron chi connectivity index (χ0n) is 18.7. The highest BCUT2D eigenvalue weighted by molar-refractivity contribution is 5.93. The van der Waals surface area contributed by atoms with E-state index < -0.39 is 0 Å². The van der Waals surface area contributed by atoms with Crippen LogP contribution in [0.1, 0.15) is 48.1 Å². The Kier molecular flexibility index (Phi) is 5.95. The number of hydrogen-bond acceptors (Lipinski definition) is 2. The zero-order chi connectivity index (χ0) is 21.9. The lowest BCUT2D eigenvalue weighted by molar-refractivity contribution is 0.106. The van der Waals surface area contributed by atoms with Crippen LogP contribution in [0.3, 0.4) is 0 Å². The van der Waals surface area contributed by atoms with E-state index in [9.17, 15) is 4.79 Å². The predicted molar refractivity (Wildman–Crippen MR) is 130 cm³/mol. The van der Waals surface area contributed by atoms with Crippen molar-refractivity contribution in [1.29, 1.82) is 0 Å². The van der Waals surface area contributed by atoms with E-state index in [1.807, 2.05) is 18.2 Å². The molecule has 1 unspecified atom stereocenters. The van der Waals surface area contributed by atoms with Crippen LogP contribution in [0.4, 0.5) is 10.5 Å². The molecular weight excluding hydrogens is 394 g/mol. The van der Waals surface area contributed by atoms with Gasteiger partial charge in [-0.15, -0.1) is 0 Å². The fourth-order valence-corrected chi connectivity index (χ4v) is 5.21. The first-order valence-corrected chi connectivity index (χ1v) is 11.8. The van der Waals surface area contributed by atoms with Gasteiger partial charge in [-0.2, -0.15) is 0 Å². The van der Waals surface area contributed by atoms with Gasteiger partial charge in [0.15, 0.2) is 0 Å². The zero-order valence-corrected chi connectivity index (χ0v) is 18.7. The third-order valence-electron chi connectivity index (χ3n) is 6.88. The second-order valence-corrected chi connectivity index (χ2v) is 8.92. The summed E-state index contributed by atoms with van der Waals surface area (Å²) in [6, 6.07) is 27.8. The maximum Gasteiger partial charge on any atom is 0.322 e. The number of rotatable bonds is 5. The number of anilines is 1. The number of benzene rings is 3. The van der Waals surface area contributed by atoms with E-state index in [4.69, 9.17) is 0 Å². The minimum Gasteiger partial charge on any atom is -0.310 e. The molecule has 0 saturated carbocycles. The van der Waals surface area contributed by atoms with Crippen LogP contribution in [0.15, 0.2) is 78.9 Å². The number of likely N-dealkylation sites (tertiary alicyclic amines) is 1. The summed E-state index contributed by atoms with van der Waals surface area (Å²) in [4.78, 5) is 17.9. The summed E-state index contributed by atoms with van der Waals surface area (Å²) in [5.74, 6) is 0. The van der Waals surface area contributed by atoms with E-state index in [0.29, 0.717) is 0 Å². The maximum atomic E-state index is 13.3. The molecule has 2 amide bonds. The van der Waals surface area contributed by atoms with Crippen molar-refractivity contribution in [2.75, 3.05) is 18.4 Å². The molecule has 2 heterocycles. The fraction of sp³-hybridized carbons (Fsp3) is 0.321. The van der Waals surface area contributed by atoms with E-state index in [0.717, 1.165) is 44.6 Å². The van der Waals surface area contributed by atoms with Gasteiger partial charge in [-0.1, -0.05) is 79.7 Å². The Morgan fingerprint density at radius 2 is 1.59 bits per heavy atom. The summed E-state index contributed by atoms with van der Waals surface area (Å²) in [5, 5.41) is 3.14. The van der Waals surface area contributed by atoms with Crippen molar-refractivity contribution in [3.05, 3.63) is 101 Å². The molecule has 1 atom stereocenters. The van der Waals surface area contributed by atoms with E-state index in [1.165, 1.54) is 22.3 Å². The minimum atomic E-state index is -0.0427. The topological polar surface area (TPSA) is 35.6 Å². The Hall–Kier alpha value is -3.11. The van der Waals surface area contributed by atoms with Crippen LogP contribution in [-0.4, -0.2) is 35.0 Å². The lowest BCUT2D eigenvalue weighted by atomic mass is 9.90. The summed E-state index contributed by atoms with van der Waals surface area (Å²) in [6.45, 7) is 5.20. The van der Waals surface area contributed by atoms with E-state index in [-0.39, 0.29) is 18.1 Å². The first-order chi connectivity index (χ1) is 15.7. The monoisotopic (exact) mass is 425 g/mol. The second-order valence-electron chi connectivity index (χ2n) is 8.92. The van der Waals surface area contributed by atoms with Crippen LogP contribution in [0.25, 0.3) is 0 Å². The van der Waals surface area contributed by atoms with E-state index in [1.54, 1.807) is 0 Å². The average molecular weight is 426 g/mol. The molecule has 1 fully saturated rings. The number of fused-ring (bicyclic) bond motifs is 1. The Labute approximate surface area is 190 Å². The second kappa shape index (κ2) is 9.17. The lowest BCUT2D eigenvalue weighted by Crippen LogP contribution is -2.52. The van der Waals surface area contributed by atoms with Gasteiger partial charge in [0.05, 0.1) is 6.04 Å². The molecule has 1 N–H and O–H groups in total. The fourth-order valence-electron chi connectivity index (χ4n) is 5.21. The van der Waals surface area contributed by atoms with Gasteiger partial charge in [0.25, 0.3) is 0 Å². The van der Waals surface area contributed by atoms with Crippen LogP contribution < -0.4 is 5.32 Å². The van der Waals surface area contributed by atoms with Crippen molar-refractivity contribution in [3.8, 4) is 0 Å². The number of nitrogens with one attached hydrogen (secondary N) is 1. The molecule has 0 radical (unpaired) electrons. The van der Waals surface area contributed by atoms with Crippen molar-refractivity contribution >= 4 is 11.7 Å². The van der Waals surface area contributed by atoms with Crippen molar-refractivity contribution < 1.29 is 4.79 Å². The molecule has 4 heteroatoms. The summed E-state index contributed by atoms with van der Waals surface area (Å²) >= 11 is 0. The van der Waals surface area contributed by atoms with Crippen LogP contribution in [0, 0.1) is 0 Å². The first-order valence-electron chi connectivity index (χ1n) is 11.8. The molecule has 32 heavy (non-hydrogen) atoms. The molecule has 2 aliphatic heterocycles. The number of aryl methyl sites for hydroxylation is 1. The quantitative estimate of drug-likeness (QED) is 0.556. The summed E-state index contributed by atoms with van der Waals surface area (Å²) < 4.78 is 0. The number of urea groups is 1. The average Bonchev–Trinajstić information content (AvgIpc) is 2.84. The van der Waals surface area contributed by atoms with Gasteiger partial charge >= 0.3 is 6.03 Å². The third kappa shape index (κ3) is 4.15. The molecule has 2 aliphatic rings. The van der Waals surface area contributed by atoms with Gasteiger partial charge < -0.3 is 10.2 Å². The first kappa shape index (κ1) is 20.8. The predicted octanol–water partition coefficient (Wildman–Crippen LogP) is 5.85. The van der Waals surface area contributed by atoms with Gasteiger partial charge in [-0.3, -0.25) is 4.90 Å². The number of carbonyl (C=O) groups excluding carboxylic acids is 1. The van der Waals surface area contributed by atoms with Gasteiger partial charge in [0.1, 0.15) is 0 Å². The molecule has 4 nitrogen and oxygen atoms in total. The SMILES string of the molecule is CCc1cccc(CN2CCC(N3C(=O)Nc4ccccc4C3c3ccccc3)CC2)c1.